The molecule has 19 heavy (non-hydrogen) atoms. The monoisotopic (exact) mass is 259 g/mol. The number of fused-ring (bicyclic) bond motifs is 1. The summed E-state index contributed by atoms with van der Waals surface area (Å²) in [7, 11) is 1.83. The Balaban J connectivity index is 2.25. The Morgan fingerprint density at radius 1 is 1.37 bits per heavy atom. The fraction of sp³-hybridized carbons (Fsp3) is 0.286. The highest BCUT2D eigenvalue weighted by Gasteiger charge is 2.09. The summed E-state index contributed by atoms with van der Waals surface area (Å²) in [6.45, 7) is 2.47. The van der Waals surface area contributed by atoms with Crippen molar-refractivity contribution in [1.29, 1.82) is 0 Å². The van der Waals surface area contributed by atoms with Crippen LogP contribution in [-0.4, -0.2) is 30.5 Å². The zero-order chi connectivity index (χ0) is 13.8. The quantitative estimate of drug-likeness (QED) is 0.762. The van der Waals surface area contributed by atoms with E-state index in [4.69, 9.17) is 0 Å². The van der Waals surface area contributed by atoms with Gasteiger partial charge in [0, 0.05) is 18.0 Å². The maximum atomic E-state index is 12.0. The van der Waals surface area contributed by atoms with E-state index in [0.717, 1.165) is 5.39 Å². The van der Waals surface area contributed by atoms with E-state index in [1.54, 1.807) is 18.2 Å². The van der Waals surface area contributed by atoms with E-state index in [1.807, 2.05) is 26.1 Å². The van der Waals surface area contributed by atoms with Crippen LogP contribution in [0.4, 0.5) is 0 Å². The molecule has 2 rings (SSSR count). The highest BCUT2D eigenvalue weighted by molar-refractivity contribution is 5.96. The van der Waals surface area contributed by atoms with E-state index in [1.165, 1.54) is 0 Å². The predicted molar refractivity (Wildman–Crippen MR) is 75.4 cm³/mol. The number of nitrogens with one attached hydrogen (secondary N) is 3. The summed E-state index contributed by atoms with van der Waals surface area (Å²) in [5, 5.41) is 7.14. The summed E-state index contributed by atoms with van der Waals surface area (Å²) in [5.74, 6) is -0.273. The molecular weight excluding hydrogens is 242 g/mol. The van der Waals surface area contributed by atoms with Gasteiger partial charge in [-0.25, -0.2) is 0 Å². The van der Waals surface area contributed by atoms with Crippen LogP contribution in [0.3, 0.4) is 0 Å². The standard InChI is InChI=1S/C14H17N3O2/c1-9(15-2)8-16-14(19)12-7-10-5-3-4-6-11(10)13(18)17-12/h3-7,9,15H,8H2,1-2H3,(H,16,19)(H,17,18). The molecule has 0 radical (unpaired) electrons. The van der Waals surface area contributed by atoms with Crippen molar-refractivity contribution in [3.05, 3.63) is 46.4 Å². The zero-order valence-electron chi connectivity index (χ0n) is 11.0. The van der Waals surface area contributed by atoms with Crippen LogP contribution in [0.15, 0.2) is 35.1 Å². The average molecular weight is 259 g/mol. The maximum Gasteiger partial charge on any atom is 0.267 e. The van der Waals surface area contributed by atoms with Gasteiger partial charge in [0.25, 0.3) is 11.5 Å². The molecule has 5 nitrogen and oxygen atoms in total. The number of carbonyl (C=O) groups is 1. The molecule has 0 saturated heterocycles. The first-order chi connectivity index (χ1) is 9.11. The molecule has 2 aromatic rings. The van der Waals surface area contributed by atoms with E-state index in [2.05, 4.69) is 15.6 Å². The Morgan fingerprint density at radius 3 is 2.84 bits per heavy atom. The molecule has 1 aromatic heterocycles. The molecule has 1 heterocycles. The molecule has 1 unspecified atom stereocenters. The first-order valence-electron chi connectivity index (χ1n) is 6.19. The van der Waals surface area contributed by atoms with Crippen molar-refractivity contribution < 1.29 is 4.79 Å². The molecule has 1 atom stereocenters. The fourth-order valence-electron chi connectivity index (χ4n) is 1.78. The third-order valence-electron chi connectivity index (χ3n) is 3.06. The van der Waals surface area contributed by atoms with E-state index < -0.39 is 0 Å². The lowest BCUT2D eigenvalue weighted by Gasteiger charge is -2.11. The van der Waals surface area contributed by atoms with Gasteiger partial charge in [-0.05, 0) is 31.5 Å². The van der Waals surface area contributed by atoms with Crippen LogP contribution in [0, 0.1) is 0 Å². The molecule has 0 aliphatic carbocycles. The van der Waals surface area contributed by atoms with Gasteiger partial charge in [0.1, 0.15) is 5.69 Å². The summed E-state index contributed by atoms with van der Waals surface area (Å²) in [6, 6.07) is 9.06. The van der Waals surface area contributed by atoms with Gasteiger partial charge in [0.15, 0.2) is 0 Å². The molecule has 0 aliphatic rings. The lowest BCUT2D eigenvalue weighted by Crippen LogP contribution is -2.37. The number of amides is 1. The molecule has 1 aromatic carbocycles. The highest BCUT2D eigenvalue weighted by atomic mass is 16.2. The van der Waals surface area contributed by atoms with Gasteiger partial charge in [0.2, 0.25) is 0 Å². The minimum absolute atomic E-state index is 0.177. The van der Waals surface area contributed by atoms with Crippen LogP contribution in [0.1, 0.15) is 17.4 Å². The van der Waals surface area contributed by atoms with Crippen molar-refractivity contribution in [2.75, 3.05) is 13.6 Å². The zero-order valence-corrected chi connectivity index (χ0v) is 11.0. The summed E-state index contributed by atoms with van der Waals surface area (Å²) < 4.78 is 0. The number of aromatic amines is 1. The second kappa shape index (κ2) is 5.67. The van der Waals surface area contributed by atoms with Gasteiger partial charge in [0.05, 0.1) is 0 Å². The third-order valence-corrected chi connectivity index (χ3v) is 3.06. The first kappa shape index (κ1) is 13.3. The lowest BCUT2D eigenvalue weighted by atomic mass is 10.1. The Hall–Kier alpha value is -2.14. The highest BCUT2D eigenvalue weighted by Crippen LogP contribution is 2.09. The van der Waals surface area contributed by atoms with E-state index in [0.29, 0.717) is 11.9 Å². The molecule has 0 fully saturated rings. The van der Waals surface area contributed by atoms with Crippen LogP contribution < -0.4 is 16.2 Å². The van der Waals surface area contributed by atoms with Crippen LogP contribution in [0.5, 0.6) is 0 Å². The number of pyridine rings is 1. The van der Waals surface area contributed by atoms with Gasteiger partial charge < -0.3 is 15.6 Å². The van der Waals surface area contributed by atoms with Crippen molar-refractivity contribution in [2.24, 2.45) is 0 Å². The summed E-state index contributed by atoms with van der Waals surface area (Å²) in [5.41, 5.74) is 0.0388. The van der Waals surface area contributed by atoms with Crippen LogP contribution in [0.2, 0.25) is 0 Å². The summed E-state index contributed by atoms with van der Waals surface area (Å²) in [6.07, 6.45) is 0. The lowest BCUT2D eigenvalue weighted by molar-refractivity contribution is 0.0945. The van der Waals surface area contributed by atoms with Gasteiger partial charge in [-0.2, -0.15) is 0 Å². The Bertz CT molecular complexity index is 648. The minimum Gasteiger partial charge on any atom is -0.349 e. The molecule has 1 amide bonds. The topological polar surface area (TPSA) is 74.0 Å². The van der Waals surface area contributed by atoms with Gasteiger partial charge in [-0.1, -0.05) is 18.2 Å². The summed E-state index contributed by atoms with van der Waals surface area (Å²) in [4.78, 5) is 26.4. The number of hydrogen-bond donors (Lipinski definition) is 3. The number of H-pyrrole nitrogens is 1. The first-order valence-corrected chi connectivity index (χ1v) is 6.19. The van der Waals surface area contributed by atoms with E-state index >= 15 is 0 Å². The Kier molecular flexibility index (Phi) is 3.97. The molecule has 0 spiro atoms. The number of carbonyl (C=O) groups excluding carboxylic acids is 1. The number of aromatic nitrogens is 1. The normalized spacial score (nSPS) is 12.3. The van der Waals surface area contributed by atoms with Gasteiger partial charge >= 0.3 is 0 Å². The largest absolute Gasteiger partial charge is 0.349 e. The smallest absolute Gasteiger partial charge is 0.267 e. The van der Waals surface area contributed by atoms with E-state index in [9.17, 15) is 9.59 Å². The predicted octanol–water partition coefficient (Wildman–Crippen LogP) is 0.866. The summed E-state index contributed by atoms with van der Waals surface area (Å²) >= 11 is 0. The molecule has 100 valence electrons. The van der Waals surface area contributed by atoms with E-state index in [-0.39, 0.29) is 23.2 Å². The van der Waals surface area contributed by atoms with Crippen LogP contribution >= 0.6 is 0 Å². The van der Waals surface area contributed by atoms with Gasteiger partial charge in [-0.15, -0.1) is 0 Å². The number of hydrogen-bond acceptors (Lipinski definition) is 3. The number of benzene rings is 1. The fourth-order valence-corrected chi connectivity index (χ4v) is 1.78. The molecule has 0 saturated carbocycles. The second-order valence-corrected chi connectivity index (χ2v) is 4.50. The molecular formula is C14H17N3O2. The SMILES string of the molecule is CNC(C)CNC(=O)c1cc2ccccc2c(=O)[nH]1. The van der Waals surface area contributed by atoms with Crippen molar-refractivity contribution in [3.8, 4) is 0 Å². The average Bonchev–Trinajstić information content (AvgIpc) is 2.44. The van der Waals surface area contributed by atoms with Crippen LogP contribution in [-0.2, 0) is 0 Å². The third kappa shape index (κ3) is 3.00. The van der Waals surface area contributed by atoms with Gasteiger partial charge in [-0.3, -0.25) is 9.59 Å². The molecule has 0 aliphatic heterocycles. The van der Waals surface area contributed by atoms with Crippen molar-refractivity contribution in [3.63, 3.8) is 0 Å². The number of rotatable bonds is 4. The molecule has 3 N–H and O–H groups in total. The Morgan fingerprint density at radius 2 is 2.11 bits per heavy atom. The van der Waals surface area contributed by atoms with Crippen molar-refractivity contribution in [2.45, 2.75) is 13.0 Å². The Labute approximate surface area is 111 Å². The maximum absolute atomic E-state index is 12.0. The van der Waals surface area contributed by atoms with Crippen molar-refractivity contribution in [1.82, 2.24) is 15.6 Å². The minimum atomic E-state index is -0.273. The van der Waals surface area contributed by atoms with Crippen molar-refractivity contribution >= 4 is 16.7 Å². The molecule has 0 bridgehead atoms. The second-order valence-electron chi connectivity index (χ2n) is 4.50. The number of likely N-dealkylation sites (N-methyl/N-ethyl adjacent to an activating group) is 1. The van der Waals surface area contributed by atoms with Crippen LogP contribution in [0.25, 0.3) is 10.8 Å². The molecule has 5 heteroatoms.